The summed E-state index contributed by atoms with van der Waals surface area (Å²) in [5.74, 6) is 0.969. The van der Waals surface area contributed by atoms with E-state index in [0.29, 0.717) is 0 Å². The van der Waals surface area contributed by atoms with Gasteiger partial charge in [0, 0.05) is 0 Å². The first-order chi connectivity index (χ1) is 5.79. The Morgan fingerprint density at radius 1 is 1.17 bits per heavy atom. The fraction of sp³-hybridized carbons (Fsp3) is 0.833. The van der Waals surface area contributed by atoms with Crippen LogP contribution >= 0.6 is 0 Å². The topological polar surface area (TPSA) is 0 Å². The molecule has 0 radical (unpaired) electrons. The van der Waals surface area contributed by atoms with Gasteiger partial charge < -0.3 is 0 Å². The van der Waals surface area contributed by atoms with Gasteiger partial charge in [-0.05, 0) is 38.5 Å². The average Bonchev–Trinajstić information content (AvgIpc) is 2.06. The van der Waals surface area contributed by atoms with Crippen LogP contribution in [0.4, 0.5) is 0 Å². The van der Waals surface area contributed by atoms with Gasteiger partial charge in [-0.1, -0.05) is 37.8 Å². The monoisotopic (exact) mass is 166 g/mol. The van der Waals surface area contributed by atoms with E-state index >= 15 is 0 Å². The summed E-state index contributed by atoms with van der Waals surface area (Å²) >= 11 is 0. The lowest BCUT2D eigenvalue weighted by molar-refractivity contribution is 0.449. The molecule has 1 aliphatic rings. The van der Waals surface area contributed by atoms with Crippen molar-refractivity contribution in [3.8, 4) is 0 Å². The van der Waals surface area contributed by atoms with Gasteiger partial charge in [0.05, 0.1) is 0 Å². The molecule has 0 heteroatoms. The quantitative estimate of drug-likeness (QED) is 0.470. The molecule has 1 atom stereocenters. The standard InChI is InChI=1S/C12H22/c1-11-7-3-5-9-12(2)10-6-4-8-11/h7,12H,3-6,8-10H2,1-2H3. The van der Waals surface area contributed by atoms with Gasteiger partial charge in [0.25, 0.3) is 0 Å². The van der Waals surface area contributed by atoms with Gasteiger partial charge in [-0.25, -0.2) is 0 Å². The number of allylic oxidation sites excluding steroid dienone is 2. The first-order valence-corrected chi connectivity index (χ1v) is 5.44. The van der Waals surface area contributed by atoms with Gasteiger partial charge in [-0.3, -0.25) is 0 Å². The molecule has 1 aliphatic carbocycles. The predicted octanol–water partition coefficient (Wildman–Crippen LogP) is 4.31. The molecule has 0 N–H and O–H groups in total. The summed E-state index contributed by atoms with van der Waals surface area (Å²) in [6, 6.07) is 0. The lowest BCUT2D eigenvalue weighted by Crippen LogP contribution is -1.96. The maximum absolute atomic E-state index is 2.44. The molecule has 0 aromatic heterocycles. The van der Waals surface area contributed by atoms with Crippen LogP contribution in [-0.4, -0.2) is 0 Å². The molecule has 0 heterocycles. The highest BCUT2D eigenvalue weighted by atomic mass is 14.1. The molecule has 0 aromatic carbocycles. The van der Waals surface area contributed by atoms with Crippen LogP contribution in [0, 0.1) is 5.92 Å². The maximum atomic E-state index is 2.44. The van der Waals surface area contributed by atoms with E-state index in [9.17, 15) is 0 Å². The van der Waals surface area contributed by atoms with E-state index in [4.69, 9.17) is 0 Å². The molecule has 70 valence electrons. The predicted molar refractivity (Wildman–Crippen MR) is 55.2 cm³/mol. The Kier molecular flexibility index (Phi) is 4.42. The molecule has 0 nitrogen and oxygen atoms in total. The molecular weight excluding hydrogens is 144 g/mol. The largest absolute Gasteiger partial charge is 0.0856 e. The molecule has 0 saturated heterocycles. The van der Waals surface area contributed by atoms with E-state index < -0.39 is 0 Å². The summed E-state index contributed by atoms with van der Waals surface area (Å²) in [7, 11) is 0. The van der Waals surface area contributed by atoms with Crippen LogP contribution in [0.2, 0.25) is 0 Å². The lowest BCUT2D eigenvalue weighted by atomic mass is 9.94. The lowest BCUT2D eigenvalue weighted by Gasteiger charge is -2.12. The van der Waals surface area contributed by atoms with Crippen molar-refractivity contribution in [3.63, 3.8) is 0 Å². The minimum absolute atomic E-state index is 0.969. The van der Waals surface area contributed by atoms with E-state index in [0.717, 1.165) is 5.92 Å². The Morgan fingerprint density at radius 3 is 2.75 bits per heavy atom. The van der Waals surface area contributed by atoms with Crippen molar-refractivity contribution in [2.45, 2.75) is 58.8 Å². The first-order valence-electron chi connectivity index (χ1n) is 5.44. The van der Waals surface area contributed by atoms with Crippen molar-refractivity contribution < 1.29 is 0 Å². The van der Waals surface area contributed by atoms with E-state index in [2.05, 4.69) is 19.9 Å². The van der Waals surface area contributed by atoms with Crippen molar-refractivity contribution in [1.29, 1.82) is 0 Å². The van der Waals surface area contributed by atoms with Crippen LogP contribution in [0.3, 0.4) is 0 Å². The fourth-order valence-corrected chi connectivity index (χ4v) is 1.96. The zero-order valence-corrected chi connectivity index (χ0v) is 8.60. The molecule has 0 aliphatic heterocycles. The second-order valence-electron chi connectivity index (χ2n) is 4.33. The van der Waals surface area contributed by atoms with Crippen LogP contribution in [0.1, 0.15) is 58.8 Å². The average molecular weight is 166 g/mol. The van der Waals surface area contributed by atoms with Crippen molar-refractivity contribution in [2.75, 3.05) is 0 Å². The second kappa shape index (κ2) is 5.40. The van der Waals surface area contributed by atoms with E-state index in [1.165, 1.54) is 44.9 Å². The smallest absolute Gasteiger partial charge is 0.0323 e. The summed E-state index contributed by atoms with van der Waals surface area (Å²) in [4.78, 5) is 0. The fourth-order valence-electron chi connectivity index (χ4n) is 1.96. The Labute approximate surface area is 77.1 Å². The van der Waals surface area contributed by atoms with E-state index in [1.54, 1.807) is 5.57 Å². The third-order valence-electron chi connectivity index (χ3n) is 2.91. The normalized spacial score (nSPS) is 27.8. The molecule has 0 bridgehead atoms. The zero-order valence-electron chi connectivity index (χ0n) is 8.60. The summed E-state index contributed by atoms with van der Waals surface area (Å²) in [5, 5.41) is 0. The molecule has 1 rings (SSSR count). The molecule has 0 fully saturated rings. The third-order valence-corrected chi connectivity index (χ3v) is 2.91. The summed E-state index contributed by atoms with van der Waals surface area (Å²) in [6.07, 6.45) is 12.2. The highest BCUT2D eigenvalue weighted by molar-refractivity contribution is 4.97. The zero-order chi connectivity index (χ0) is 8.81. The van der Waals surface area contributed by atoms with Gasteiger partial charge in [-0.2, -0.15) is 0 Å². The third kappa shape index (κ3) is 3.94. The summed E-state index contributed by atoms with van der Waals surface area (Å²) < 4.78 is 0. The van der Waals surface area contributed by atoms with Crippen molar-refractivity contribution in [1.82, 2.24) is 0 Å². The van der Waals surface area contributed by atoms with Crippen molar-refractivity contribution in [3.05, 3.63) is 11.6 Å². The first kappa shape index (κ1) is 9.83. The molecule has 0 spiro atoms. The summed E-state index contributed by atoms with van der Waals surface area (Å²) in [6.45, 7) is 4.68. The number of rotatable bonds is 0. The van der Waals surface area contributed by atoms with E-state index in [-0.39, 0.29) is 0 Å². The SMILES string of the molecule is CC1=CCCCC(C)CCCC1. The molecule has 0 aromatic rings. The molecule has 1 unspecified atom stereocenters. The van der Waals surface area contributed by atoms with Crippen LogP contribution in [-0.2, 0) is 0 Å². The molecule has 0 saturated carbocycles. The van der Waals surface area contributed by atoms with Gasteiger partial charge in [0.1, 0.15) is 0 Å². The Bertz CT molecular complexity index is 144. The van der Waals surface area contributed by atoms with Crippen molar-refractivity contribution >= 4 is 0 Å². The highest BCUT2D eigenvalue weighted by Crippen LogP contribution is 2.20. The Hall–Kier alpha value is -0.260. The number of hydrogen-bond donors (Lipinski definition) is 0. The maximum Gasteiger partial charge on any atom is -0.0323 e. The summed E-state index contributed by atoms with van der Waals surface area (Å²) in [5.41, 5.74) is 1.62. The Morgan fingerprint density at radius 2 is 1.92 bits per heavy atom. The van der Waals surface area contributed by atoms with Crippen LogP contribution in [0.25, 0.3) is 0 Å². The minimum atomic E-state index is 0.969. The van der Waals surface area contributed by atoms with Crippen molar-refractivity contribution in [2.24, 2.45) is 5.92 Å². The second-order valence-corrected chi connectivity index (χ2v) is 4.33. The molecule has 0 amide bonds. The highest BCUT2D eigenvalue weighted by Gasteiger charge is 2.03. The minimum Gasteiger partial charge on any atom is -0.0856 e. The van der Waals surface area contributed by atoms with Crippen LogP contribution in [0.5, 0.6) is 0 Å². The molecule has 12 heavy (non-hydrogen) atoms. The number of hydrogen-bond acceptors (Lipinski definition) is 0. The van der Waals surface area contributed by atoms with Crippen LogP contribution < -0.4 is 0 Å². The van der Waals surface area contributed by atoms with Gasteiger partial charge in [-0.15, -0.1) is 0 Å². The van der Waals surface area contributed by atoms with Gasteiger partial charge in [0.2, 0.25) is 0 Å². The van der Waals surface area contributed by atoms with Gasteiger partial charge >= 0.3 is 0 Å². The van der Waals surface area contributed by atoms with Crippen LogP contribution in [0.15, 0.2) is 11.6 Å². The van der Waals surface area contributed by atoms with E-state index in [1.807, 2.05) is 0 Å². The van der Waals surface area contributed by atoms with Gasteiger partial charge in [0.15, 0.2) is 0 Å². The molecular formula is C12H22. The Balaban J connectivity index is 2.33.